The molecule has 0 spiro atoms. The van der Waals surface area contributed by atoms with Crippen LogP contribution < -0.4 is 0 Å². The van der Waals surface area contributed by atoms with E-state index < -0.39 is 22.0 Å². The van der Waals surface area contributed by atoms with Gasteiger partial charge in [-0.3, -0.25) is 9.59 Å². The van der Waals surface area contributed by atoms with Crippen molar-refractivity contribution in [3.05, 3.63) is 0 Å². The molecule has 8 heteroatoms. The summed E-state index contributed by atoms with van der Waals surface area (Å²) in [7, 11) is -3.40. The Morgan fingerprint density at radius 2 is 1.95 bits per heavy atom. The lowest BCUT2D eigenvalue weighted by Crippen LogP contribution is -2.49. The topological polar surface area (TPSA) is 84.0 Å². The van der Waals surface area contributed by atoms with E-state index in [1.54, 1.807) is 6.92 Å². The van der Waals surface area contributed by atoms with Crippen LogP contribution in [0.1, 0.15) is 32.6 Å². The predicted octanol–water partition coefficient (Wildman–Crippen LogP) is -0.0355. The second-order valence-corrected chi connectivity index (χ2v) is 7.47. The lowest BCUT2D eigenvalue weighted by atomic mass is 10.2. The first-order valence-electron chi connectivity index (χ1n) is 7.27. The molecule has 0 aromatic heterocycles. The molecule has 1 atom stereocenters. The molecule has 7 nitrogen and oxygen atoms in total. The molecule has 0 bridgehead atoms. The smallest absolute Gasteiger partial charge is 0.325 e. The summed E-state index contributed by atoms with van der Waals surface area (Å²) in [6.07, 6.45) is 4.01. The first-order chi connectivity index (χ1) is 9.84. The molecule has 0 N–H and O–H groups in total. The molecule has 1 aliphatic heterocycles. The Bertz CT molecular complexity index is 515. The van der Waals surface area contributed by atoms with Gasteiger partial charge < -0.3 is 9.64 Å². The second-order valence-electron chi connectivity index (χ2n) is 5.53. The van der Waals surface area contributed by atoms with Crippen molar-refractivity contribution in [1.29, 1.82) is 0 Å². The highest BCUT2D eigenvalue weighted by molar-refractivity contribution is 7.88. The largest absolute Gasteiger partial charge is 0.465 e. The number of hydrogen-bond acceptors (Lipinski definition) is 5. The quantitative estimate of drug-likeness (QED) is 0.642. The van der Waals surface area contributed by atoms with Crippen LogP contribution in [0.4, 0.5) is 0 Å². The van der Waals surface area contributed by atoms with E-state index in [2.05, 4.69) is 0 Å². The van der Waals surface area contributed by atoms with Crippen molar-refractivity contribution in [2.45, 2.75) is 44.7 Å². The second kappa shape index (κ2) is 6.31. The molecule has 120 valence electrons. The van der Waals surface area contributed by atoms with Crippen molar-refractivity contribution in [3.8, 4) is 0 Å². The van der Waals surface area contributed by atoms with Gasteiger partial charge in [-0.05, 0) is 32.6 Å². The van der Waals surface area contributed by atoms with E-state index in [-0.39, 0.29) is 25.1 Å². The summed E-state index contributed by atoms with van der Waals surface area (Å²) >= 11 is 0. The first kappa shape index (κ1) is 16.2. The van der Waals surface area contributed by atoms with Crippen LogP contribution in [0.3, 0.4) is 0 Å². The number of rotatable bonds is 6. The fourth-order valence-electron chi connectivity index (χ4n) is 2.69. The van der Waals surface area contributed by atoms with Crippen LogP contribution in [0.5, 0.6) is 0 Å². The molecule has 0 aromatic carbocycles. The van der Waals surface area contributed by atoms with Crippen LogP contribution in [-0.2, 0) is 24.3 Å². The number of ether oxygens (including phenoxy) is 1. The molecular weight excluding hydrogens is 296 g/mol. The molecule has 2 aliphatic rings. The number of carbonyl (C=O) groups excluding carboxylic acids is 2. The van der Waals surface area contributed by atoms with Crippen LogP contribution in [0.25, 0.3) is 0 Å². The minimum atomic E-state index is -3.40. The van der Waals surface area contributed by atoms with Crippen molar-refractivity contribution in [2.75, 3.05) is 26.0 Å². The molecule has 1 aliphatic carbocycles. The molecule has 2 fully saturated rings. The lowest BCUT2D eigenvalue weighted by molar-refractivity contribution is -0.150. The molecular formula is C13H22N2O5S. The third kappa shape index (κ3) is 3.94. The zero-order chi connectivity index (χ0) is 15.6. The Morgan fingerprint density at radius 3 is 2.48 bits per heavy atom. The zero-order valence-electron chi connectivity index (χ0n) is 12.4. The van der Waals surface area contributed by atoms with E-state index in [9.17, 15) is 18.0 Å². The minimum absolute atomic E-state index is 0.0453. The van der Waals surface area contributed by atoms with Gasteiger partial charge in [-0.15, -0.1) is 0 Å². The maximum atomic E-state index is 12.6. The van der Waals surface area contributed by atoms with Gasteiger partial charge in [0, 0.05) is 12.6 Å². The van der Waals surface area contributed by atoms with Gasteiger partial charge in [-0.2, -0.15) is 4.31 Å². The number of amides is 1. The monoisotopic (exact) mass is 318 g/mol. The van der Waals surface area contributed by atoms with Gasteiger partial charge in [0.05, 0.1) is 12.9 Å². The summed E-state index contributed by atoms with van der Waals surface area (Å²) in [5.41, 5.74) is 0. The van der Waals surface area contributed by atoms with E-state index in [4.69, 9.17) is 4.74 Å². The summed E-state index contributed by atoms with van der Waals surface area (Å²) in [5.74, 6) is -0.713. The van der Waals surface area contributed by atoms with Crippen LogP contribution in [0, 0.1) is 0 Å². The maximum Gasteiger partial charge on any atom is 0.325 e. The van der Waals surface area contributed by atoms with E-state index in [0.717, 1.165) is 19.1 Å². The molecule has 1 amide bonds. The van der Waals surface area contributed by atoms with Gasteiger partial charge in [-0.25, -0.2) is 8.42 Å². The number of nitrogens with zero attached hydrogens (tertiary/aromatic N) is 2. The lowest BCUT2D eigenvalue weighted by Gasteiger charge is -2.28. The Morgan fingerprint density at radius 1 is 1.29 bits per heavy atom. The Hall–Kier alpha value is -1.15. The normalized spacial score (nSPS) is 23.0. The van der Waals surface area contributed by atoms with Crippen LogP contribution in [-0.4, -0.2) is 67.5 Å². The molecule has 0 radical (unpaired) electrons. The van der Waals surface area contributed by atoms with E-state index in [0.29, 0.717) is 19.4 Å². The van der Waals surface area contributed by atoms with Crippen molar-refractivity contribution in [2.24, 2.45) is 0 Å². The number of carbonyl (C=O) groups is 2. The summed E-state index contributed by atoms with van der Waals surface area (Å²) in [6, 6.07) is -0.626. The summed E-state index contributed by atoms with van der Waals surface area (Å²) in [4.78, 5) is 25.8. The molecule has 2 rings (SSSR count). The van der Waals surface area contributed by atoms with Gasteiger partial charge in [0.2, 0.25) is 15.9 Å². The predicted molar refractivity (Wildman–Crippen MR) is 75.9 cm³/mol. The highest BCUT2D eigenvalue weighted by atomic mass is 32.2. The minimum Gasteiger partial charge on any atom is -0.465 e. The number of esters is 1. The van der Waals surface area contributed by atoms with Crippen LogP contribution in [0.2, 0.25) is 0 Å². The molecule has 1 heterocycles. The molecule has 1 saturated carbocycles. The standard InChI is InChI=1S/C13H22N2O5S/c1-3-20-12(16)9-14(10-6-7-10)13(17)11-5-4-8-15(11)21(2,18)19/h10-11H,3-9H2,1-2H3. The average molecular weight is 318 g/mol. The van der Waals surface area contributed by atoms with Crippen molar-refractivity contribution < 1.29 is 22.7 Å². The molecule has 21 heavy (non-hydrogen) atoms. The van der Waals surface area contributed by atoms with Crippen molar-refractivity contribution in [3.63, 3.8) is 0 Å². The third-order valence-electron chi connectivity index (χ3n) is 3.79. The third-order valence-corrected chi connectivity index (χ3v) is 5.08. The summed E-state index contributed by atoms with van der Waals surface area (Å²) in [5, 5.41) is 0. The van der Waals surface area contributed by atoms with E-state index in [1.165, 1.54) is 9.21 Å². The highest BCUT2D eigenvalue weighted by Crippen LogP contribution is 2.30. The van der Waals surface area contributed by atoms with Gasteiger partial charge in [0.1, 0.15) is 12.6 Å². The first-order valence-corrected chi connectivity index (χ1v) is 9.12. The number of hydrogen-bond donors (Lipinski definition) is 0. The average Bonchev–Trinajstić information content (AvgIpc) is 3.09. The maximum absolute atomic E-state index is 12.6. The summed E-state index contributed by atoms with van der Waals surface area (Å²) < 4.78 is 29.6. The van der Waals surface area contributed by atoms with Gasteiger partial charge >= 0.3 is 5.97 Å². The van der Waals surface area contributed by atoms with Crippen LogP contribution >= 0.6 is 0 Å². The van der Waals surface area contributed by atoms with Crippen LogP contribution in [0.15, 0.2) is 0 Å². The SMILES string of the molecule is CCOC(=O)CN(C(=O)C1CCCN1S(C)(=O)=O)C1CC1. The molecule has 1 unspecified atom stereocenters. The zero-order valence-corrected chi connectivity index (χ0v) is 13.3. The molecule has 1 saturated heterocycles. The van der Waals surface area contributed by atoms with Gasteiger partial charge in [-0.1, -0.05) is 0 Å². The molecule has 0 aromatic rings. The Balaban J connectivity index is 2.09. The number of sulfonamides is 1. The van der Waals surface area contributed by atoms with E-state index >= 15 is 0 Å². The Labute approximate surface area is 125 Å². The van der Waals surface area contributed by atoms with E-state index in [1.807, 2.05) is 0 Å². The van der Waals surface area contributed by atoms with Crippen molar-refractivity contribution >= 4 is 21.9 Å². The Kier molecular flexibility index (Phi) is 4.88. The fourth-order valence-corrected chi connectivity index (χ4v) is 3.81. The highest BCUT2D eigenvalue weighted by Gasteiger charge is 2.43. The fraction of sp³-hybridized carbons (Fsp3) is 0.846. The van der Waals surface area contributed by atoms with Gasteiger partial charge in [0.25, 0.3) is 0 Å². The van der Waals surface area contributed by atoms with Crippen molar-refractivity contribution in [1.82, 2.24) is 9.21 Å². The van der Waals surface area contributed by atoms with Gasteiger partial charge in [0.15, 0.2) is 0 Å². The summed E-state index contributed by atoms with van der Waals surface area (Å²) in [6.45, 7) is 2.26.